The fourth-order valence-electron chi connectivity index (χ4n) is 2.94. The van der Waals surface area contributed by atoms with Gasteiger partial charge in [0.1, 0.15) is 5.75 Å². The van der Waals surface area contributed by atoms with Gasteiger partial charge in [0.25, 0.3) is 5.91 Å². The summed E-state index contributed by atoms with van der Waals surface area (Å²) >= 11 is 6.20. The van der Waals surface area contributed by atoms with Crippen molar-refractivity contribution >= 4 is 29.2 Å². The molecule has 0 aliphatic carbocycles. The number of nitrogens with zero attached hydrogens (tertiary/aromatic N) is 1. The van der Waals surface area contributed by atoms with Gasteiger partial charge in [0.2, 0.25) is 5.96 Å². The van der Waals surface area contributed by atoms with E-state index in [0.717, 1.165) is 25.1 Å². The molecule has 9 nitrogen and oxygen atoms in total. The Labute approximate surface area is 200 Å². The molecule has 0 spiro atoms. The molecular weight excluding hydrogens is 442 g/mol. The van der Waals surface area contributed by atoms with Crippen molar-refractivity contribution in [3.8, 4) is 5.75 Å². The molecule has 0 fully saturated rings. The van der Waals surface area contributed by atoms with Gasteiger partial charge in [-0.3, -0.25) is 10.2 Å². The highest BCUT2D eigenvalue weighted by Crippen LogP contribution is 2.25. The number of halogens is 1. The molecule has 0 aromatic heterocycles. The number of amides is 1. The first-order chi connectivity index (χ1) is 15.7. The number of benzene rings is 2. The number of ether oxygens (including phenoxy) is 1. The number of hydrazine groups is 1. The van der Waals surface area contributed by atoms with Crippen LogP contribution in [0.25, 0.3) is 0 Å². The van der Waals surface area contributed by atoms with E-state index < -0.39 is 0 Å². The number of aliphatic imine (C=N–C) groups is 1. The Balaban J connectivity index is 1.67. The van der Waals surface area contributed by atoms with Crippen molar-refractivity contribution in [1.29, 1.82) is 0 Å². The van der Waals surface area contributed by atoms with Crippen LogP contribution in [0.5, 0.6) is 5.75 Å². The first-order valence-corrected chi connectivity index (χ1v) is 11.1. The predicted molar refractivity (Wildman–Crippen MR) is 133 cm³/mol. The minimum absolute atomic E-state index is 0.0954. The Bertz CT molecular complexity index is 933. The zero-order valence-electron chi connectivity index (χ0n) is 19.2. The third-order valence-electron chi connectivity index (χ3n) is 4.85. The quantitative estimate of drug-likeness (QED) is 0.0902. The van der Waals surface area contributed by atoms with Crippen LogP contribution in [0.15, 0.2) is 47.5 Å². The topological polar surface area (TPSA) is 153 Å². The summed E-state index contributed by atoms with van der Waals surface area (Å²) in [6.45, 7) is 7.26. The number of rotatable bonds is 12. The average Bonchev–Trinajstić information content (AvgIpc) is 2.80. The zero-order chi connectivity index (χ0) is 24.3. The van der Waals surface area contributed by atoms with Gasteiger partial charge in [-0.15, -0.1) is 0 Å². The van der Waals surface area contributed by atoms with Gasteiger partial charge in [0.15, 0.2) is 0 Å². The third-order valence-corrected chi connectivity index (χ3v) is 5.14. The van der Waals surface area contributed by atoms with E-state index in [1.54, 1.807) is 24.3 Å². The van der Waals surface area contributed by atoms with Crippen molar-refractivity contribution < 1.29 is 9.53 Å². The Morgan fingerprint density at radius 2 is 1.88 bits per heavy atom. The number of guanidine groups is 1. The van der Waals surface area contributed by atoms with E-state index >= 15 is 0 Å². The van der Waals surface area contributed by atoms with E-state index in [2.05, 4.69) is 34.9 Å². The van der Waals surface area contributed by atoms with Gasteiger partial charge in [0.05, 0.1) is 17.3 Å². The van der Waals surface area contributed by atoms with Gasteiger partial charge in [-0.2, -0.15) is 0 Å². The Morgan fingerprint density at radius 1 is 1.15 bits per heavy atom. The molecule has 0 atom stereocenters. The van der Waals surface area contributed by atoms with Crippen molar-refractivity contribution in [3.63, 3.8) is 0 Å². The van der Waals surface area contributed by atoms with Crippen LogP contribution in [-0.2, 0) is 6.54 Å². The highest BCUT2D eigenvalue weighted by Gasteiger charge is 2.19. The number of nitrogens with two attached hydrogens (primary N) is 3. The maximum atomic E-state index is 12.4. The number of nitrogens with one attached hydrogen (secondary N) is 3. The molecule has 0 radical (unpaired) electrons. The van der Waals surface area contributed by atoms with Gasteiger partial charge in [-0.05, 0) is 60.3 Å². The molecule has 0 aliphatic rings. The largest absolute Gasteiger partial charge is 0.492 e. The molecule has 0 bridgehead atoms. The summed E-state index contributed by atoms with van der Waals surface area (Å²) in [6.07, 6.45) is 0.830. The lowest BCUT2D eigenvalue weighted by atomic mass is 9.93. The summed E-state index contributed by atoms with van der Waals surface area (Å²) in [5.41, 5.74) is 15.4. The molecule has 180 valence electrons. The van der Waals surface area contributed by atoms with E-state index in [0.29, 0.717) is 41.7 Å². The van der Waals surface area contributed by atoms with E-state index in [9.17, 15) is 4.79 Å². The van der Waals surface area contributed by atoms with Crippen LogP contribution in [0.3, 0.4) is 0 Å². The molecule has 0 heterocycles. The minimum Gasteiger partial charge on any atom is -0.492 e. The fourth-order valence-corrected chi connectivity index (χ4v) is 3.19. The molecule has 2 aromatic carbocycles. The highest BCUT2D eigenvalue weighted by atomic mass is 35.5. The summed E-state index contributed by atoms with van der Waals surface area (Å²) < 4.78 is 5.74. The van der Waals surface area contributed by atoms with Crippen molar-refractivity contribution in [2.24, 2.45) is 27.7 Å². The molecule has 0 aliphatic heterocycles. The lowest BCUT2D eigenvalue weighted by Gasteiger charge is -2.25. The molecule has 10 heteroatoms. The normalized spacial score (nSPS) is 11.8. The SMILES string of the molecule is CC(C)(CNCCCOc1ccc(CN)cc1Cl)CNC(=O)c1ccc(N=C(N)NN)cc1. The van der Waals surface area contributed by atoms with Crippen molar-refractivity contribution in [3.05, 3.63) is 58.6 Å². The molecule has 0 saturated heterocycles. The van der Waals surface area contributed by atoms with Gasteiger partial charge < -0.3 is 26.8 Å². The van der Waals surface area contributed by atoms with Crippen LogP contribution < -0.4 is 38.1 Å². The summed E-state index contributed by atoms with van der Waals surface area (Å²) in [5, 5.41) is 6.97. The maximum absolute atomic E-state index is 12.4. The first kappa shape index (κ1) is 26.4. The molecular formula is C23H34ClN7O2. The lowest BCUT2D eigenvalue weighted by molar-refractivity contribution is 0.0936. The lowest BCUT2D eigenvalue weighted by Crippen LogP contribution is -2.40. The van der Waals surface area contributed by atoms with E-state index in [1.165, 1.54) is 0 Å². The van der Waals surface area contributed by atoms with E-state index in [-0.39, 0.29) is 17.3 Å². The van der Waals surface area contributed by atoms with Crippen molar-refractivity contribution in [2.45, 2.75) is 26.8 Å². The van der Waals surface area contributed by atoms with E-state index in [1.807, 2.05) is 18.2 Å². The standard InChI is InChI=1S/C23H34ClN7O2/c1-23(2,14-28-10-3-11-33-20-9-4-16(13-25)12-19(20)24)15-29-21(32)17-5-7-18(8-6-17)30-22(26)31-27/h4-9,12,28H,3,10-11,13-15,25,27H2,1-2H3,(H,29,32)(H3,26,30,31). The molecule has 2 rings (SSSR count). The maximum Gasteiger partial charge on any atom is 0.251 e. The number of carbonyl (C=O) groups is 1. The Hall–Kier alpha value is -2.85. The van der Waals surface area contributed by atoms with E-state index in [4.69, 9.17) is 33.6 Å². The molecule has 9 N–H and O–H groups in total. The molecule has 2 aromatic rings. The summed E-state index contributed by atoms with van der Waals surface area (Å²) in [7, 11) is 0. The third kappa shape index (κ3) is 9.27. The zero-order valence-corrected chi connectivity index (χ0v) is 19.9. The molecule has 33 heavy (non-hydrogen) atoms. The fraction of sp³-hybridized carbons (Fsp3) is 0.391. The number of hydrogen-bond donors (Lipinski definition) is 6. The van der Waals surface area contributed by atoms with Crippen LogP contribution in [0.2, 0.25) is 5.02 Å². The van der Waals surface area contributed by atoms with Gasteiger partial charge in [-0.1, -0.05) is 31.5 Å². The smallest absolute Gasteiger partial charge is 0.251 e. The molecule has 0 unspecified atom stereocenters. The second-order valence-corrected chi connectivity index (χ2v) is 8.79. The number of carbonyl (C=O) groups excluding carboxylic acids is 1. The van der Waals surface area contributed by atoms with Crippen LogP contribution in [0, 0.1) is 5.41 Å². The van der Waals surface area contributed by atoms with Gasteiger partial charge in [-0.25, -0.2) is 10.8 Å². The monoisotopic (exact) mass is 475 g/mol. The van der Waals surface area contributed by atoms with Crippen LogP contribution >= 0.6 is 11.6 Å². The predicted octanol–water partition coefficient (Wildman–Crippen LogP) is 2.02. The van der Waals surface area contributed by atoms with Crippen molar-refractivity contribution in [1.82, 2.24) is 16.1 Å². The summed E-state index contributed by atoms with van der Waals surface area (Å²) in [6, 6.07) is 12.4. The summed E-state index contributed by atoms with van der Waals surface area (Å²) in [5.74, 6) is 5.80. The minimum atomic E-state index is -0.144. The number of hydrogen-bond acceptors (Lipinski definition) is 6. The van der Waals surface area contributed by atoms with Crippen LogP contribution in [0.1, 0.15) is 36.2 Å². The summed E-state index contributed by atoms with van der Waals surface area (Å²) in [4.78, 5) is 16.5. The van der Waals surface area contributed by atoms with Gasteiger partial charge in [0, 0.05) is 25.2 Å². The van der Waals surface area contributed by atoms with Crippen molar-refractivity contribution in [2.75, 3.05) is 26.2 Å². The Morgan fingerprint density at radius 3 is 2.52 bits per heavy atom. The average molecular weight is 476 g/mol. The van der Waals surface area contributed by atoms with Crippen LogP contribution in [0.4, 0.5) is 5.69 Å². The van der Waals surface area contributed by atoms with Gasteiger partial charge >= 0.3 is 0 Å². The second kappa shape index (κ2) is 13.0. The first-order valence-electron chi connectivity index (χ1n) is 10.7. The molecule has 0 saturated carbocycles. The highest BCUT2D eigenvalue weighted by molar-refractivity contribution is 6.32. The second-order valence-electron chi connectivity index (χ2n) is 8.38. The Kier molecular flexibility index (Phi) is 10.4. The van der Waals surface area contributed by atoms with Crippen LogP contribution in [-0.4, -0.2) is 38.1 Å². The molecule has 1 amide bonds.